The minimum atomic E-state index is -1.14. The molecule has 0 saturated heterocycles. The Labute approximate surface area is 245 Å². The Morgan fingerprint density at radius 2 is 1.93 bits per heavy atom. The summed E-state index contributed by atoms with van der Waals surface area (Å²) in [5, 5.41) is 21.1. The maximum atomic E-state index is 12.7. The van der Waals surface area contributed by atoms with Crippen LogP contribution in [0.3, 0.4) is 0 Å². The Morgan fingerprint density at radius 1 is 1.21 bits per heavy atom. The molecule has 0 aliphatic heterocycles. The van der Waals surface area contributed by atoms with E-state index in [0.29, 0.717) is 25.4 Å². The minimum absolute atomic E-state index is 0.00715. The molecule has 3 unspecified atom stereocenters. The Bertz CT molecular complexity index is 1440. The molecule has 0 radical (unpaired) electrons. The molecular weight excluding hydrogens is 538 g/mol. The smallest absolute Gasteiger partial charge is 0.394 e. The van der Waals surface area contributed by atoms with Crippen molar-refractivity contribution in [1.29, 1.82) is 5.26 Å². The summed E-state index contributed by atoms with van der Waals surface area (Å²) in [6.07, 6.45) is 4.72. The minimum Gasteiger partial charge on any atom is -0.394 e. The van der Waals surface area contributed by atoms with Crippen LogP contribution < -0.4 is 15.2 Å². The molecule has 2 N–H and O–H groups in total. The van der Waals surface area contributed by atoms with Gasteiger partial charge in [-0.3, -0.25) is 14.9 Å². The summed E-state index contributed by atoms with van der Waals surface area (Å²) < 4.78 is 10.6. The monoisotopic (exact) mass is 575 g/mol. The first-order chi connectivity index (χ1) is 20.0. The predicted octanol–water partition coefficient (Wildman–Crippen LogP) is 5.51. The molecule has 1 fully saturated rings. The molecule has 0 bridgehead atoms. The molecule has 1 aromatic carbocycles. The van der Waals surface area contributed by atoms with Crippen LogP contribution in [0, 0.1) is 40.2 Å². The van der Waals surface area contributed by atoms with E-state index in [1.807, 2.05) is 19.9 Å². The fourth-order valence-corrected chi connectivity index (χ4v) is 5.33. The first kappa shape index (κ1) is 32.0. The number of aromatic nitrogens is 1. The van der Waals surface area contributed by atoms with Gasteiger partial charge in [0.2, 0.25) is 5.88 Å². The summed E-state index contributed by atoms with van der Waals surface area (Å²) >= 11 is 0. The van der Waals surface area contributed by atoms with E-state index >= 15 is 0 Å². The number of nitro benzene ring substituents is 1. The molecule has 42 heavy (non-hydrogen) atoms. The fourth-order valence-electron chi connectivity index (χ4n) is 5.33. The molecule has 3 rings (SSSR count). The molecule has 1 heterocycles. The third kappa shape index (κ3) is 8.01. The SMILES string of the molecule is C/C=C1/C(N)CC(C)CC1Cc1nc(OC(=O)Oc2cc(/C=C(\C#N)C(=O)N(CC)CC)cc([N+](=O)[O-])c2)ccc1C. The van der Waals surface area contributed by atoms with E-state index in [0.717, 1.165) is 30.2 Å². The first-order valence-electron chi connectivity index (χ1n) is 14.0. The van der Waals surface area contributed by atoms with Gasteiger partial charge in [-0.1, -0.05) is 24.6 Å². The lowest BCUT2D eigenvalue weighted by Gasteiger charge is -2.34. The lowest BCUT2D eigenvalue weighted by Crippen LogP contribution is -2.35. The summed E-state index contributed by atoms with van der Waals surface area (Å²) in [5.74, 6) is 0.0348. The number of hydrogen-bond acceptors (Lipinski definition) is 9. The van der Waals surface area contributed by atoms with Crippen LogP contribution in [0.1, 0.15) is 57.4 Å². The lowest BCUT2D eigenvalue weighted by atomic mass is 9.73. The summed E-state index contributed by atoms with van der Waals surface area (Å²) in [7, 11) is 0. The highest BCUT2D eigenvalue weighted by Crippen LogP contribution is 2.35. The molecule has 3 atom stereocenters. The van der Waals surface area contributed by atoms with Crippen LogP contribution in [0.15, 0.2) is 47.6 Å². The normalized spacial score (nSPS) is 19.6. The zero-order valence-corrected chi connectivity index (χ0v) is 24.6. The number of carbonyl (C=O) groups is 2. The fraction of sp³-hybridized carbons (Fsp3) is 0.419. The van der Waals surface area contributed by atoms with Crippen molar-refractivity contribution in [3.8, 4) is 17.7 Å². The number of nitrogens with zero attached hydrogens (tertiary/aromatic N) is 4. The number of ether oxygens (including phenoxy) is 2. The Hall–Kier alpha value is -4.56. The predicted molar refractivity (Wildman–Crippen MR) is 158 cm³/mol. The van der Waals surface area contributed by atoms with Gasteiger partial charge in [-0.15, -0.1) is 0 Å². The number of likely N-dealkylation sites (N-methyl/N-ethyl adjacent to an activating group) is 1. The number of amides is 1. The van der Waals surface area contributed by atoms with Crippen molar-refractivity contribution in [3.63, 3.8) is 0 Å². The largest absolute Gasteiger partial charge is 0.520 e. The van der Waals surface area contributed by atoms with Crippen molar-refractivity contribution in [3.05, 3.63) is 74.5 Å². The molecule has 1 amide bonds. The van der Waals surface area contributed by atoms with Crippen molar-refractivity contribution < 1.29 is 24.0 Å². The molecule has 1 saturated carbocycles. The first-order valence-corrected chi connectivity index (χ1v) is 14.0. The van der Waals surface area contributed by atoms with Gasteiger partial charge >= 0.3 is 6.16 Å². The Balaban J connectivity index is 1.82. The molecule has 1 aliphatic rings. The quantitative estimate of drug-likeness (QED) is 0.0772. The van der Waals surface area contributed by atoms with Crippen LogP contribution in [0.5, 0.6) is 11.6 Å². The third-order valence-corrected chi connectivity index (χ3v) is 7.42. The maximum Gasteiger partial charge on any atom is 0.520 e. The number of pyridine rings is 1. The number of benzene rings is 1. The van der Waals surface area contributed by atoms with Crippen LogP contribution in [-0.4, -0.2) is 46.0 Å². The molecule has 11 heteroatoms. The van der Waals surface area contributed by atoms with Gasteiger partial charge in [-0.25, -0.2) is 9.78 Å². The van der Waals surface area contributed by atoms with Gasteiger partial charge in [-0.05, 0) is 82.1 Å². The number of rotatable bonds is 9. The molecular formula is C31H37N5O6. The second kappa shape index (κ2) is 14.4. The van der Waals surface area contributed by atoms with Crippen LogP contribution >= 0.6 is 0 Å². The number of nitro groups is 1. The second-order valence-electron chi connectivity index (χ2n) is 10.4. The van der Waals surface area contributed by atoms with Crippen molar-refractivity contribution >= 4 is 23.8 Å². The standard InChI is InChI=1S/C31H37N5O6/c1-6-26-22(11-19(4)12-27(26)33)16-28-20(5)9-10-29(34-28)42-31(38)41-25-15-21(14-24(17-25)36(39)40)13-23(18-32)30(37)35(7-2)8-3/h6,9-10,13-15,17,19,22,27H,7-8,11-12,16,33H2,1-5H3/b23-13+,26-6+. The lowest BCUT2D eigenvalue weighted by molar-refractivity contribution is -0.384. The average molecular weight is 576 g/mol. The van der Waals surface area contributed by atoms with Gasteiger partial charge < -0.3 is 20.1 Å². The van der Waals surface area contributed by atoms with Crippen LogP contribution in [0.4, 0.5) is 10.5 Å². The van der Waals surface area contributed by atoms with E-state index in [9.17, 15) is 25.0 Å². The second-order valence-corrected chi connectivity index (χ2v) is 10.4. The third-order valence-electron chi connectivity index (χ3n) is 7.42. The zero-order valence-electron chi connectivity index (χ0n) is 24.6. The summed E-state index contributed by atoms with van der Waals surface area (Å²) in [5.41, 5.74) is 8.85. The van der Waals surface area contributed by atoms with E-state index in [2.05, 4.69) is 18.0 Å². The highest BCUT2D eigenvalue weighted by Gasteiger charge is 2.29. The summed E-state index contributed by atoms with van der Waals surface area (Å²) in [6, 6.07) is 8.73. The number of non-ortho nitro benzene ring substituents is 1. The number of carbonyl (C=O) groups excluding carboxylic acids is 2. The van der Waals surface area contributed by atoms with E-state index in [4.69, 9.17) is 15.2 Å². The maximum absolute atomic E-state index is 12.7. The summed E-state index contributed by atoms with van der Waals surface area (Å²) in [4.78, 5) is 42.2. The number of allylic oxidation sites excluding steroid dienone is 1. The van der Waals surface area contributed by atoms with Crippen LogP contribution in [-0.2, 0) is 11.2 Å². The summed E-state index contributed by atoms with van der Waals surface area (Å²) in [6.45, 7) is 10.5. The van der Waals surface area contributed by atoms with Crippen molar-refractivity contribution in [2.45, 2.75) is 59.9 Å². The van der Waals surface area contributed by atoms with E-state index in [1.165, 1.54) is 28.7 Å². The number of hydrogen-bond donors (Lipinski definition) is 1. The van der Waals surface area contributed by atoms with Gasteiger partial charge in [0.15, 0.2) is 0 Å². The van der Waals surface area contributed by atoms with E-state index < -0.39 is 22.7 Å². The van der Waals surface area contributed by atoms with E-state index in [1.54, 1.807) is 26.0 Å². The number of nitrogens with two attached hydrogens (primary N) is 1. The molecule has 1 aromatic heterocycles. The highest BCUT2D eigenvalue weighted by molar-refractivity contribution is 6.01. The van der Waals surface area contributed by atoms with Gasteiger partial charge in [0.05, 0.1) is 11.0 Å². The topological polar surface area (TPSA) is 162 Å². The average Bonchev–Trinajstić information content (AvgIpc) is 2.93. The number of aryl methyl sites for hydroxylation is 1. The molecule has 222 valence electrons. The van der Waals surface area contributed by atoms with Gasteiger partial charge in [-0.2, -0.15) is 5.26 Å². The Kier molecular flexibility index (Phi) is 10.9. The Morgan fingerprint density at radius 3 is 2.55 bits per heavy atom. The highest BCUT2D eigenvalue weighted by atomic mass is 16.7. The number of nitriles is 1. The molecule has 0 spiro atoms. The van der Waals surface area contributed by atoms with Crippen molar-refractivity contribution in [2.75, 3.05) is 13.1 Å². The van der Waals surface area contributed by atoms with Crippen molar-refractivity contribution in [2.24, 2.45) is 17.6 Å². The molecule has 1 aliphatic carbocycles. The zero-order chi connectivity index (χ0) is 31.0. The van der Waals surface area contributed by atoms with Crippen LogP contribution in [0.25, 0.3) is 6.08 Å². The van der Waals surface area contributed by atoms with E-state index in [-0.39, 0.29) is 34.7 Å². The van der Waals surface area contributed by atoms with Crippen LogP contribution in [0.2, 0.25) is 0 Å². The van der Waals surface area contributed by atoms with Crippen molar-refractivity contribution in [1.82, 2.24) is 9.88 Å². The molecule has 11 nitrogen and oxygen atoms in total. The van der Waals surface area contributed by atoms with Gasteiger partial charge in [0, 0.05) is 37.0 Å². The molecule has 2 aromatic rings. The van der Waals surface area contributed by atoms with Gasteiger partial charge in [0.25, 0.3) is 11.6 Å². The van der Waals surface area contributed by atoms with Gasteiger partial charge in [0.1, 0.15) is 17.4 Å².